The molecule has 0 radical (unpaired) electrons. The lowest BCUT2D eigenvalue weighted by Crippen LogP contribution is -2.13. The standard InChI is InChI=1S/C22H17N3O2/c26-22(24-20-8-4-5-9-21(20)25-15-14-23-16-25)17-10-12-19(13-11-17)27-18-6-2-1-3-7-18/h1-16H,(H,24,26). The SMILES string of the molecule is O=C(Nc1ccccc1-n1ccnc1)c1ccc(Oc2ccccc2)cc1. The Morgan fingerprint density at radius 1 is 0.852 bits per heavy atom. The molecule has 132 valence electrons. The molecule has 0 aliphatic heterocycles. The first-order valence-electron chi connectivity index (χ1n) is 8.51. The van der Waals surface area contributed by atoms with E-state index < -0.39 is 0 Å². The Morgan fingerprint density at radius 2 is 1.56 bits per heavy atom. The van der Waals surface area contributed by atoms with E-state index in [0.29, 0.717) is 17.0 Å². The van der Waals surface area contributed by atoms with Crippen LogP contribution in [0, 0.1) is 0 Å². The van der Waals surface area contributed by atoms with Crippen LogP contribution in [0.1, 0.15) is 10.4 Å². The van der Waals surface area contributed by atoms with Crippen LogP contribution < -0.4 is 10.1 Å². The summed E-state index contributed by atoms with van der Waals surface area (Å²) in [5.74, 6) is 1.24. The molecule has 0 atom stereocenters. The fourth-order valence-corrected chi connectivity index (χ4v) is 2.70. The van der Waals surface area contributed by atoms with Crippen molar-refractivity contribution in [3.63, 3.8) is 0 Å². The third-order valence-corrected chi connectivity index (χ3v) is 4.03. The number of carbonyl (C=O) groups is 1. The van der Waals surface area contributed by atoms with E-state index in [1.165, 1.54) is 0 Å². The maximum atomic E-state index is 12.6. The van der Waals surface area contributed by atoms with E-state index in [1.54, 1.807) is 36.8 Å². The maximum Gasteiger partial charge on any atom is 0.255 e. The van der Waals surface area contributed by atoms with Crippen LogP contribution in [0.3, 0.4) is 0 Å². The predicted molar refractivity (Wildman–Crippen MR) is 104 cm³/mol. The lowest BCUT2D eigenvalue weighted by Gasteiger charge is -2.12. The molecule has 0 spiro atoms. The molecule has 0 unspecified atom stereocenters. The van der Waals surface area contributed by atoms with Gasteiger partial charge in [-0.1, -0.05) is 30.3 Å². The van der Waals surface area contributed by atoms with E-state index in [-0.39, 0.29) is 5.91 Å². The zero-order valence-electron chi connectivity index (χ0n) is 14.4. The summed E-state index contributed by atoms with van der Waals surface area (Å²) in [7, 11) is 0. The number of nitrogens with one attached hydrogen (secondary N) is 1. The largest absolute Gasteiger partial charge is 0.457 e. The van der Waals surface area contributed by atoms with E-state index in [4.69, 9.17) is 4.74 Å². The smallest absolute Gasteiger partial charge is 0.255 e. The molecule has 1 N–H and O–H groups in total. The summed E-state index contributed by atoms with van der Waals surface area (Å²) in [6, 6.07) is 24.2. The number of carbonyl (C=O) groups excluding carboxylic acids is 1. The number of rotatable bonds is 5. The molecule has 0 aliphatic rings. The summed E-state index contributed by atoms with van der Waals surface area (Å²) in [5.41, 5.74) is 2.12. The van der Waals surface area contributed by atoms with Gasteiger partial charge in [0.05, 0.1) is 17.7 Å². The summed E-state index contributed by atoms with van der Waals surface area (Å²) in [4.78, 5) is 16.7. The lowest BCUT2D eigenvalue weighted by atomic mass is 10.2. The second-order valence-corrected chi connectivity index (χ2v) is 5.88. The van der Waals surface area contributed by atoms with Crippen LogP contribution in [0.4, 0.5) is 5.69 Å². The number of nitrogens with zero attached hydrogens (tertiary/aromatic N) is 2. The minimum atomic E-state index is -0.186. The zero-order chi connectivity index (χ0) is 18.5. The number of hydrogen-bond donors (Lipinski definition) is 1. The van der Waals surface area contributed by atoms with Crippen LogP contribution in [0.2, 0.25) is 0 Å². The zero-order valence-corrected chi connectivity index (χ0v) is 14.4. The fourth-order valence-electron chi connectivity index (χ4n) is 2.70. The highest BCUT2D eigenvalue weighted by Gasteiger charge is 2.10. The Kier molecular flexibility index (Phi) is 4.66. The van der Waals surface area contributed by atoms with Gasteiger partial charge in [0.25, 0.3) is 5.91 Å². The molecule has 0 saturated carbocycles. The minimum Gasteiger partial charge on any atom is -0.457 e. The van der Waals surface area contributed by atoms with E-state index in [0.717, 1.165) is 11.4 Å². The minimum absolute atomic E-state index is 0.186. The van der Waals surface area contributed by atoms with Crippen LogP contribution in [-0.2, 0) is 0 Å². The Labute approximate surface area is 156 Å². The second kappa shape index (κ2) is 7.58. The highest BCUT2D eigenvalue weighted by atomic mass is 16.5. The molecule has 0 fully saturated rings. The molecule has 1 aromatic heterocycles. The normalized spacial score (nSPS) is 10.4. The van der Waals surface area contributed by atoms with E-state index in [9.17, 15) is 4.79 Å². The van der Waals surface area contributed by atoms with Crippen molar-refractivity contribution in [2.45, 2.75) is 0 Å². The summed E-state index contributed by atoms with van der Waals surface area (Å²) in [5, 5.41) is 2.96. The van der Waals surface area contributed by atoms with Crippen molar-refractivity contribution in [1.29, 1.82) is 0 Å². The summed E-state index contributed by atoms with van der Waals surface area (Å²) >= 11 is 0. The van der Waals surface area contributed by atoms with Gasteiger partial charge in [-0.25, -0.2) is 4.98 Å². The number of imidazole rings is 1. The molecule has 4 aromatic rings. The molecule has 0 saturated heterocycles. The number of anilines is 1. The molecule has 27 heavy (non-hydrogen) atoms. The average Bonchev–Trinajstić information content (AvgIpc) is 3.24. The van der Waals surface area contributed by atoms with Crippen molar-refractivity contribution in [2.75, 3.05) is 5.32 Å². The molecule has 0 aliphatic carbocycles. The van der Waals surface area contributed by atoms with Crippen LogP contribution in [0.5, 0.6) is 11.5 Å². The van der Waals surface area contributed by atoms with Gasteiger partial charge in [-0.15, -0.1) is 0 Å². The first-order valence-corrected chi connectivity index (χ1v) is 8.51. The first kappa shape index (κ1) is 16.6. The van der Waals surface area contributed by atoms with Crippen LogP contribution in [0.25, 0.3) is 5.69 Å². The predicted octanol–water partition coefficient (Wildman–Crippen LogP) is 4.92. The topological polar surface area (TPSA) is 56.2 Å². The number of amides is 1. The van der Waals surface area contributed by atoms with Crippen molar-refractivity contribution >= 4 is 11.6 Å². The second-order valence-electron chi connectivity index (χ2n) is 5.88. The molecule has 1 amide bonds. The van der Waals surface area contributed by atoms with Crippen LogP contribution in [-0.4, -0.2) is 15.5 Å². The average molecular weight is 355 g/mol. The van der Waals surface area contributed by atoms with E-state index >= 15 is 0 Å². The Balaban J connectivity index is 1.49. The summed E-state index contributed by atoms with van der Waals surface area (Å²) in [6.45, 7) is 0. The van der Waals surface area contributed by atoms with Gasteiger partial charge < -0.3 is 14.6 Å². The number of aromatic nitrogens is 2. The highest BCUT2D eigenvalue weighted by Crippen LogP contribution is 2.23. The van der Waals surface area contributed by atoms with Gasteiger partial charge in [-0.2, -0.15) is 0 Å². The highest BCUT2D eigenvalue weighted by molar-refractivity contribution is 6.05. The van der Waals surface area contributed by atoms with Gasteiger partial charge in [-0.3, -0.25) is 4.79 Å². The van der Waals surface area contributed by atoms with Crippen molar-refractivity contribution in [2.24, 2.45) is 0 Å². The van der Waals surface area contributed by atoms with Crippen LogP contribution >= 0.6 is 0 Å². The van der Waals surface area contributed by atoms with Crippen molar-refractivity contribution < 1.29 is 9.53 Å². The molecule has 0 bridgehead atoms. The number of benzene rings is 3. The monoisotopic (exact) mass is 355 g/mol. The van der Waals surface area contributed by atoms with E-state index in [1.807, 2.05) is 65.4 Å². The lowest BCUT2D eigenvalue weighted by molar-refractivity contribution is 0.102. The summed E-state index contributed by atoms with van der Waals surface area (Å²) < 4.78 is 7.61. The van der Waals surface area contributed by atoms with Crippen molar-refractivity contribution in [3.05, 3.63) is 103 Å². The number of ether oxygens (including phenoxy) is 1. The third kappa shape index (κ3) is 3.88. The van der Waals surface area contributed by atoms with Crippen molar-refractivity contribution in [3.8, 4) is 17.2 Å². The van der Waals surface area contributed by atoms with Crippen LogP contribution in [0.15, 0.2) is 97.6 Å². The third-order valence-electron chi connectivity index (χ3n) is 4.03. The first-order chi connectivity index (χ1) is 13.3. The Morgan fingerprint density at radius 3 is 2.30 bits per heavy atom. The molecular weight excluding hydrogens is 338 g/mol. The summed E-state index contributed by atoms with van der Waals surface area (Å²) in [6.07, 6.45) is 5.23. The van der Waals surface area contributed by atoms with Gasteiger partial charge in [-0.05, 0) is 48.5 Å². The van der Waals surface area contributed by atoms with Gasteiger partial charge in [0.2, 0.25) is 0 Å². The fraction of sp³-hybridized carbons (Fsp3) is 0. The maximum absolute atomic E-state index is 12.6. The molecule has 1 heterocycles. The molecule has 5 nitrogen and oxygen atoms in total. The van der Waals surface area contributed by atoms with E-state index in [2.05, 4.69) is 10.3 Å². The Hall–Kier alpha value is -3.86. The molecule has 5 heteroatoms. The molecule has 3 aromatic carbocycles. The number of para-hydroxylation sites is 3. The Bertz CT molecular complexity index is 1030. The van der Waals surface area contributed by atoms with Crippen molar-refractivity contribution in [1.82, 2.24) is 9.55 Å². The van der Waals surface area contributed by atoms with Gasteiger partial charge in [0, 0.05) is 18.0 Å². The van der Waals surface area contributed by atoms with Gasteiger partial charge in [0.1, 0.15) is 11.5 Å². The molecular formula is C22H17N3O2. The number of hydrogen-bond acceptors (Lipinski definition) is 3. The van der Waals surface area contributed by atoms with Gasteiger partial charge >= 0.3 is 0 Å². The van der Waals surface area contributed by atoms with Gasteiger partial charge in [0.15, 0.2) is 0 Å². The quantitative estimate of drug-likeness (QED) is 0.553. The molecule has 4 rings (SSSR count).